The molecule has 3 amide bonds. The average Bonchev–Trinajstić information content (AvgIpc) is 3.07. The SMILES string of the molecule is O=C1N[C@H]2CC(c3ccccc3C(F)(F)F)=CC[C@@H]2N1C(=O)OCc1ccccc1. The fourth-order valence-electron chi connectivity index (χ4n) is 3.93. The summed E-state index contributed by atoms with van der Waals surface area (Å²) < 4.78 is 45.3. The molecule has 2 aromatic carbocycles. The van der Waals surface area contributed by atoms with Gasteiger partial charge in [0, 0.05) is 0 Å². The lowest BCUT2D eigenvalue weighted by Crippen LogP contribution is -2.42. The van der Waals surface area contributed by atoms with E-state index in [1.54, 1.807) is 24.3 Å². The van der Waals surface area contributed by atoms with Crippen LogP contribution in [0.5, 0.6) is 0 Å². The highest BCUT2D eigenvalue weighted by molar-refractivity contribution is 5.94. The number of hydrogen-bond donors (Lipinski definition) is 1. The lowest BCUT2D eigenvalue weighted by Gasteiger charge is -2.29. The van der Waals surface area contributed by atoms with Gasteiger partial charge in [-0.3, -0.25) is 0 Å². The lowest BCUT2D eigenvalue weighted by molar-refractivity contribution is -0.137. The van der Waals surface area contributed by atoms with Crippen molar-refractivity contribution in [1.82, 2.24) is 10.2 Å². The summed E-state index contributed by atoms with van der Waals surface area (Å²) in [4.78, 5) is 25.9. The van der Waals surface area contributed by atoms with Crippen LogP contribution in [0.1, 0.15) is 29.5 Å². The highest BCUT2D eigenvalue weighted by atomic mass is 19.4. The van der Waals surface area contributed by atoms with Gasteiger partial charge >= 0.3 is 18.3 Å². The number of fused-ring (bicyclic) bond motifs is 1. The molecule has 0 aromatic heterocycles. The van der Waals surface area contributed by atoms with Gasteiger partial charge in [-0.2, -0.15) is 13.2 Å². The minimum Gasteiger partial charge on any atom is -0.444 e. The summed E-state index contributed by atoms with van der Waals surface area (Å²) in [6.45, 7) is 0.0287. The zero-order valence-corrected chi connectivity index (χ0v) is 15.9. The topological polar surface area (TPSA) is 58.6 Å². The molecule has 5 nitrogen and oxygen atoms in total. The van der Waals surface area contributed by atoms with Crippen LogP contribution in [-0.4, -0.2) is 29.1 Å². The summed E-state index contributed by atoms with van der Waals surface area (Å²) in [7, 11) is 0. The van der Waals surface area contributed by atoms with Crippen molar-refractivity contribution in [3.63, 3.8) is 0 Å². The fraction of sp³-hybridized carbons (Fsp3) is 0.273. The zero-order valence-electron chi connectivity index (χ0n) is 15.9. The Bertz CT molecular complexity index is 989. The second-order valence-corrected chi connectivity index (χ2v) is 7.25. The fourth-order valence-corrected chi connectivity index (χ4v) is 3.93. The van der Waals surface area contributed by atoms with Crippen LogP contribution in [0.2, 0.25) is 0 Å². The first-order valence-corrected chi connectivity index (χ1v) is 9.50. The minimum atomic E-state index is -4.47. The molecule has 1 heterocycles. The normalized spacial score (nSPS) is 21.0. The van der Waals surface area contributed by atoms with Crippen molar-refractivity contribution in [1.29, 1.82) is 0 Å². The number of ether oxygens (including phenoxy) is 1. The molecular weight excluding hydrogens is 397 g/mol. The van der Waals surface area contributed by atoms with Crippen LogP contribution in [0.3, 0.4) is 0 Å². The number of hydrogen-bond acceptors (Lipinski definition) is 3. The molecular formula is C22H19F3N2O3. The van der Waals surface area contributed by atoms with Crippen LogP contribution >= 0.6 is 0 Å². The van der Waals surface area contributed by atoms with Crippen LogP contribution in [0.4, 0.5) is 22.8 Å². The third-order valence-corrected chi connectivity index (χ3v) is 5.35. The van der Waals surface area contributed by atoms with E-state index in [1.165, 1.54) is 12.1 Å². The molecule has 0 unspecified atom stereocenters. The molecule has 156 valence electrons. The van der Waals surface area contributed by atoms with Gasteiger partial charge in [-0.1, -0.05) is 54.6 Å². The van der Waals surface area contributed by atoms with Gasteiger partial charge in [0.1, 0.15) is 6.61 Å². The first kappa shape index (κ1) is 20.0. The number of nitrogens with one attached hydrogen (secondary N) is 1. The van der Waals surface area contributed by atoms with Gasteiger partial charge in [0.25, 0.3) is 0 Å². The number of carbonyl (C=O) groups excluding carboxylic acids is 2. The predicted octanol–water partition coefficient (Wildman–Crippen LogP) is 4.98. The summed E-state index contributed by atoms with van der Waals surface area (Å²) in [5.74, 6) is 0. The van der Waals surface area contributed by atoms with Crippen molar-refractivity contribution < 1.29 is 27.5 Å². The van der Waals surface area contributed by atoms with Crippen molar-refractivity contribution in [2.45, 2.75) is 37.7 Å². The van der Waals surface area contributed by atoms with E-state index in [-0.39, 0.29) is 25.0 Å². The predicted molar refractivity (Wildman–Crippen MR) is 103 cm³/mol. The van der Waals surface area contributed by atoms with Crippen LogP contribution in [-0.2, 0) is 17.5 Å². The molecule has 2 atom stereocenters. The third kappa shape index (κ3) is 3.90. The van der Waals surface area contributed by atoms with E-state index in [2.05, 4.69) is 5.32 Å². The van der Waals surface area contributed by atoms with Crippen molar-refractivity contribution in [3.8, 4) is 0 Å². The van der Waals surface area contributed by atoms with E-state index in [9.17, 15) is 22.8 Å². The standard InChI is InChI=1S/C22H19F3N2O3/c23-22(24,25)17-9-5-4-8-16(17)15-10-11-19-18(12-15)26-20(28)27(19)21(29)30-13-14-6-2-1-3-7-14/h1-10,18-19H,11-13H2,(H,26,28)/t18-,19-/m0/s1. The van der Waals surface area contributed by atoms with Gasteiger partial charge in [-0.15, -0.1) is 0 Å². The second-order valence-electron chi connectivity index (χ2n) is 7.25. The Kier molecular flexibility index (Phi) is 5.24. The Morgan fingerprint density at radius 2 is 1.80 bits per heavy atom. The van der Waals surface area contributed by atoms with E-state index in [1.807, 2.05) is 18.2 Å². The van der Waals surface area contributed by atoms with E-state index in [0.29, 0.717) is 5.57 Å². The Morgan fingerprint density at radius 3 is 2.53 bits per heavy atom. The molecule has 1 aliphatic heterocycles. The number of alkyl halides is 3. The van der Waals surface area contributed by atoms with Crippen molar-refractivity contribution >= 4 is 17.7 Å². The van der Waals surface area contributed by atoms with Gasteiger partial charge in [-0.25, -0.2) is 14.5 Å². The smallest absolute Gasteiger partial charge is 0.418 e. The molecule has 2 aliphatic rings. The van der Waals surface area contributed by atoms with Crippen LogP contribution in [0.15, 0.2) is 60.7 Å². The molecule has 0 bridgehead atoms. The van der Waals surface area contributed by atoms with Gasteiger partial charge in [0.05, 0.1) is 17.6 Å². The maximum atomic E-state index is 13.4. The van der Waals surface area contributed by atoms with E-state index >= 15 is 0 Å². The first-order valence-electron chi connectivity index (χ1n) is 9.50. The van der Waals surface area contributed by atoms with Gasteiger partial charge in [0.15, 0.2) is 0 Å². The molecule has 8 heteroatoms. The second kappa shape index (κ2) is 7.85. The summed E-state index contributed by atoms with van der Waals surface area (Å²) in [5.41, 5.74) is 0.682. The number of nitrogens with zero attached hydrogens (tertiary/aromatic N) is 1. The number of imide groups is 1. The number of benzene rings is 2. The average molecular weight is 416 g/mol. The number of rotatable bonds is 3. The molecule has 30 heavy (non-hydrogen) atoms. The first-order chi connectivity index (χ1) is 14.3. The highest BCUT2D eigenvalue weighted by Gasteiger charge is 2.46. The van der Waals surface area contributed by atoms with Crippen LogP contribution < -0.4 is 5.32 Å². The molecule has 0 radical (unpaired) electrons. The largest absolute Gasteiger partial charge is 0.444 e. The monoisotopic (exact) mass is 416 g/mol. The Morgan fingerprint density at radius 1 is 1.10 bits per heavy atom. The van der Waals surface area contributed by atoms with Crippen LogP contribution in [0, 0.1) is 0 Å². The van der Waals surface area contributed by atoms with Crippen molar-refractivity contribution in [2.24, 2.45) is 0 Å². The summed E-state index contributed by atoms with van der Waals surface area (Å²) >= 11 is 0. The Balaban J connectivity index is 1.50. The van der Waals surface area contributed by atoms with E-state index in [0.717, 1.165) is 16.5 Å². The number of amides is 3. The third-order valence-electron chi connectivity index (χ3n) is 5.35. The van der Waals surface area contributed by atoms with Gasteiger partial charge in [-0.05, 0) is 35.6 Å². The molecule has 0 saturated carbocycles. The molecule has 1 fully saturated rings. The molecule has 2 aromatic rings. The quantitative estimate of drug-likeness (QED) is 0.768. The van der Waals surface area contributed by atoms with Crippen molar-refractivity contribution in [2.75, 3.05) is 0 Å². The summed E-state index contributed by atoms with van der Waals surface area (Å²) in [6, 6.07) is 12.9. The maximum absolute atomic E-state index is 13.4. The number of carbonyl (C=O) groups is 2. The molecule has 1 saturated heterocycles. The molecule has 1 N–H and O–H groups in total. The molecule has 4 rings (SSSR count). The zero-order chi connectivity index (χ0) is 21.3. The van der Waals surface area contributed by atoms with Crippen LogP contribution in [0.25, 0.3) is 5.57 Å². The van der Waals surface area contributed by atoms with Crippen molar-refractivity contribution in [3.05, 3.63) is 77.4 Å². The lowest BCUT2D eigenvalue weighted by atomic mass is 9.85. The maximum Gasteiger partial charge on any atom is 0.418 e. The Labute approximate surface area is 171 Å². The number of urea groups is 1. The van der Waals surface area contributed by atoms with Gasteiger partial charge < -0.3 is 10.1 Å². The molecule has 1 aliphatic carbocycles. The minimum absolute atomic E-state index is 0.0287. The summed E-state index contributed by atoms with van der Waals surface area (Å²) in [6.07, 6.45) is -3.11. The van der Waals surface area contributed by atoms with E-state index in [4.69, 9.17) is 4.74 Å². The summed E-state index contributed by atoms with van der Waals surface area (Å²) in [5, 5.41) is 2.71. The highest BCUT2D eigenvalue weighted by Crippen LogP contribution is 2.39. The Hall–Kier alpha value is -3.29. The van der Waals surface area contributed by atoms with E-state index < -0.39 is 35.9 Å². The van der Waals surface area contributed by atoms with Gasteiger partial charge in [0.2, 0.25) is 0 Å². The number of halogens is 3. The molecule has 0 spiro atoms.